The molecule has 1 nitrogen and oxygen atoms in total. The van der Waals surface area contributed by atoms with E-state index in [0.29, 0.717) is 0 Å². The SMILES string of the molecule is c1ccc2cc(-n3c4ccccc4c4c5ccccc5c5sccc5c43)ccc2c1. The van der Waals surface area contributed by atoms with Gasteiger partial charge in [0, 0.05) is 31.9 Å². The van der Waals surface area contributed by atoms with Crippen LogP contribution in [0, 0.1) is 0 Å². The van der Waals surface area contributed by atoms with Crippen molar-refractivity contribution in [3.8, 4) is 5.69 Å². The van der Waals surface area contributed by atoms with E-state index in [1.165, 1.54) is 59.1 Å². The predicted molar refractivity (Wildman–Crippen MR) is 131 cm³/mol. The molecule has 140 valence electrons. The first-order chi connectivity index (χ1) is 14.9. The first kappa shape index (κ1) is 16.2. The normalized spacial score (nSPS) is 12.0. The van der Waals surface area contributed by atoms with Crippen molar-refractivity contribution in [1.82, 2.24) is 4.57 Å². The van der Waals surface area contributed by atoms with E-state index in [4.69, 9.17) is 0 Å². The highest BCUT2D eigenvalue weighted by Crippen LogP contribution is 2.43. The van der Waals surface area contributed by atoms with E-state index < -0.39 is 0 Å². The van der Waals surface area contributed by atoms with E-state index in [-0.39, 0.29) is 0 Å². The van der Waals surface area contributed by atoms with Gasteiger partial charge in [0.05, 0.1) is 11.0 Å². The lowest BCUT2D eigenvalue weighted by molar-refractivity contribution is 1.19. The van der Waals surface area contributed by atoms with Crippen LogP contribution in [0.3, 0.4) is 0 Å². The Kier molecular flexibility index (Phi) is 3.21. The van der Waals surface area contributed by atoms with Gasteiger partial charge in [-0.3, -0.25) is 0 Å². The van der Waals surface area contributed by atoms with E-state index in [1.54, 1.807) is 0 Å². The average Bonchev–Trinajstić information content (AvgIpc) is 3.42. The Hall–Kier alpha value is -3.62. The van der Waals surface area contributed by atoms with Gasteiger partial charge in [-0.15, -0.1) is 11.3 Å². The third kappa shape index (κ3) is 2.06. The standard InChI is InChI=1S/C28H17NS/c1-2-8-19-17-20(14-13-18(19)7-1)29-25-12-6-5-11-23(25)26-21-9-3-4-10-22(21)28-24(27(26)29)15-16-30-28/h1-17H. The molecule has 30 heavy (non-hydrogen) atoms. The Morgan fingerprint density at radius 3 is 2.20 bits per heavy atom. The molecular weight excluding hydrogens is 382 g/mol. The van der Waals surface area contributed by atoms with E-state index in [9.17, 15) is 0 Å². The molecule has 0 spiro atoms. The van der Waals surface area contributed by atoms with Gasteiger partial charge in [0.15, 0.2) is 0 Å². The van der Waals surface area contributed by atoms with Crippen molar-refractivity contribution in [3.63, 3.8) is 0 Å². The molecule has 0 atom stereocenters. The molecule has 2 heterocycles. The van der Waals surface area contributed by atoms with E-state index in [2.05, 4.69) is 107 Å². The fraction of sp³-hybridized carbons (Fsp3) is 0. The number of rotatable bonds is 1. The quantitative estimate of drug-likeness (QED) is 0.262. The smallest absolute Gasteiger partial charge is 0.0634 e. The van der Waals surface area contributed by atoms with Gasteiger partial charge < -0.3 is 4.57 Å². The molecule has 2 aromatic heterocycles. The van der Waals surface area contributed by atoms with Crippen LogP contribution >= 0.6 is 11.3 Å². The Labute approximate surface area is 177 Å². The molecule has 0 unspecified atom stereocenters. The molecule has 0 bridgehead atoms. The number of fused-ring (bicyclic) bond motifs is 9. The minimum Gasteiger partial charge on any atom is -0.309 e. The van der Waals surface area contributed by atoms with Crippen LogP contribution in [-0.4, -0.2) is 4.57 Å². The molecule has 0 saturated carbocycles. The lowest BCUT2D eigenvalue weighted by Gasteiger charge is -2.11. The van der Waals surface area contributed by atoms with Crippen molar-refractivity contribution >= 4 is 64.8 Å². The van der Waals surface area contributed by atoms with Crippen LogP contribution in [0.2, 0.25) is 0 Å². The fourth-order valence-corrected chi connectivity index (χ4v) is 5.89. The molecule has 0 amide bonds. The summed E-state index contributed by atoms with van der Waals surface area (Å²) in [7, 11) is 0. The number of nitrogens with zero attached hydrogens (tertiary/aromatic N) is 1. The van der Waals surface area contributed by atoms with Crippen molar-refractivity contribution < 1.29 is 0 Å². The van der Waals surface area contributed by atoms with Gasteiger partial charge in [-0.25, -0.2) is 0 Å². The number of aromatic nitrogens is 1. The molecule has 0 radical (unpaired) electrons. The fourth-order valence-electron chi connectivity index (χ4n) is 4.96. The van der Waals surface area contributed by atoms with E-state index in [0.717, 1.165) is 0 Å². The molecule has 7 aromatic rings. The number of benzene rings is 5. The maximum atomic E-state index is 2.46. The predicted octanol–water partition coefficient (Wildman–Crippen LogP) is 8.30. The first-order valence-corrected chi connectivity index (χ1v) is 11.1. The molecule has 0 fully saturated rings. The summed E-state index contributed by atoms with van der Waals surface area (Å²) in [6.07, 6.45) is 0. The van der Waals surface area contributed by atoms with Gasteiger partial charge in [0.2, 0.25) is 0 Å². The second kappa shape index (κ2) is 5.94. The lowest BCUT2D eigenvalue weighted by Crippen LogP contribution is -1.94. The molecule has 0 N–H and O–H groups in total. The number of hydrogen-bond donors (Lipinski definition) is 0. The molecule has 2 heteroatoms. The van der Waals surface area contributed by atoms with Gasteiger partial charge >= 0.3 is 0 Å². The Bertz CT molecular complexity index is 1750. The van der Waals surface area contributed by atoms with Crippen molar-refractivity contribution in [2.45, 2.75) is 0 Å². The minimum atomic E-state index is 1.21. The maximum absolute atomic E-state index is 2.46. The van der Waals surface area contributed by atoms with Crippen molar-refractivity contribution in [1.29, 1.82) is 0 Å². The second-order valence-corrected chi connectivity index (χ2v) is 8.73. The van der Waals surface area contributed by atoms with Gasteiger partial charge in [-0.1, -0.05) is 72.8 Å². The highest BCUT2D eigenvalue weighted by Gasteiger charge is 2.19. The lowest BCUT2D eigenvalue weighted by atomic mass is 10.0. The number of hydrogen-bond acceptors (Lipinski definition) is 1. The maximum Gasteiger partial charge on any atom is 0.0634 e. The first-order valence-electron chi connectivity index (χ1n) is 10.2. The monoisotopic (exact) mass is 399 g/mol. The van der Waals surface area contributed by atoms with Crippen LogP contribution in [-0.2, 0) is 0 Å². The zero-order chi connectivity index (χ0) is 19.7. The van der Waals surface area contributed by atoms with Gasteiger partial charge in [0.1, 0.15) is 0 Å². The topological polar surface area (TPSA) is 4.93 Å². The summed E-state index contributed by atoms with van der Waals surface area (Å²) in [5.74, 6) is 0. The van der Waals surface area contributed by atoms with Crippen molar-refractivity contribution in [3.05, 3.63) is 102 Å². The Morgan fingerprint density at radius 1 is 0.567 bits per heavy atom. The summed E-state index contributed by atoms with van der Waals surface area (Å²) in [5.41, 5.74) is 3.77. The molecular formula is C28H17NS. The number of para-hydroxylation sites is 1. The third-order valence-corrected chi connectivity index (χ3v) is 7.18. The highest BCUT2D eigenvalue weighted by atomic mass is 32.1. The molecule has 0 aliphatic rings. The summed E-state index contributed by atoms with van der Waals surface area (Å²) in [4.78, 5) is 0. The average molecular weight is 400 g/mol. The summed E-state index contributed by atoms with van der Waals surface area (Å²) in [6.45, 7) is 0. The number of thiophene rings is 1. The summed E-state index contributed by atoms with van der Waals surface area (Å²) < 4.78 is 3.82. The molecule has 0 aliphatic carbocycles. The summed E-state index contributed by atoms with van der Waals surface area (Å²) in [6, 6.07) is 35.3. The third-order valence-electron chi connectivity index (χ3n) is 6.23. The van der Waals surface area contributed by atoms with Crippen LogP contribution in [0.15, 0.2) is 102 Å². The van der Waals surface area contributed by atoms with E-state index in [1.807, 2.05) is 11.3 Å². The summed E-state index contributed by atoms with van der Waals surface area (Å²) >= 11 is 1.83. The minimum absolute atomic E-state index is 1.21. The highest BCUT2D eigenvalue weighted by molar-refractivity contribution is 7.18. The van der Waals surface area contributed by atoms with Gasteiger partial charge in [-0.05, 0) is 45.8 Å². The van der Waals surface area contributed by atoms with Crippen LogP contribution in [0.25, 0.3) is 59.1 Å². The zero-order valence-corrected chi connectivity index (χ0v) is 17.0. The molecule has 0 saturated heterocycles. The molecule has 5 aromatic carbocycles. The summed E-state index contributed by atoms with van der Waals surface area (Å²) in [5, 5.41) is 11.4. The Balaban J connectivity index is 1.77. The Morgan fingerprint density at radius 2 is 1.30 bits per heavy atom. The van der Waals surface area contributed by atoms with Crippen LogP contribution < -0.4 is 0 Å². The van der Waals surface area contributed by atoms with E-state index >= 15 is 0 Å². The van der Waals surface area contributed by atoms with Gasteiger partial charge in [0.25, 0.3) is 0 Å². The molecule has 7 rings (SSSR count). The van der Waals surface area contributed by atoms with Gasteiger partial charge in [-0.2, -0.15) is 0 Å². The van der Waals surface area contributed by atoms with Crippen LogP contribution in [0.4, 0.5) is 0 Å². The zero-order valence-electron chi connectivity index (χ0n) is 16.2. The second-order valence-electron chi connectivity index (χ2n) is 7.82. The van der Waals surface area contributed by atoms with Crippen molar-refractivity contribution in [2.24, 2.45) is 0 Å². The van der Waals surface area contributed by atoms with Crippen molar-refractivity contribution in [2.75, 3.05) is 0 Å². The molecule has 0 aliphatic heterocycles. The van der Waals surface area contributed by atoms with Crippen LogP contribution in [0.5, 0.6) is 0 Å². The van der Waals surface area contributed by atoms with Crippen LogP contribution in [0.1, 0.15) is 0 Å². The largest absolute Gasteiger partial charge is 0.309 e.